The highest BCUT2D eigenvalue weighted by molar-refractivity contribution is 5.97. The number of furan rings is 1. The Kier molecular flexibility index (Phi) is 6.61. The molecule has 3 amide bonds. The van der Waals surface area contributed by atoms with E-state index in [1.54, 1.807) is 13.0 Å². The van der Waals surface area contributed by atoms with Crippen molar-refractivity contribution in [3.05, 3.63) is 24.2 Å². The number of carbonyl (C=O) groups excluding carboxylic acids is 3. The number of nitrogens with one attached hydrogen (secondary N) is 2. The molecule has 1 aromatic heterocycles. The normalized spacial score (nSPS) is 16.6. The molecule has 0 radical (unpaired) electrons. The van der Waals surface area contributed by atoms with Crippen LogP contribution in [0.25, 0.3) is 0 Å². The van der Waals surface area contributed by atoms with Crippen LogP contribution in [0.5, 0.6) is 0 Å². The second-order valence-corrected chi connectivity index (χ2v) is 6.97. The molecule has 1 saturated heterocycles. The van der Waals surface area contributed by atoms with Crippen LogP contribution in [0.3, 0.4) is 0 Å². The van der Waals surface area contributed by atoms with Crippen molar-refractivity contribution < 1.29 is 18.8 Å². The highest BCUT2D eigenvalue weighted by Crippen LogP contribution is 2.13. The molecule has 2 rings (SSSR count). The molecular weight excluding hydrogens is 322 g/mol. The summed E-state index contributed by atoms with van der Waals surface area (Å²) in [6.45, 7) is 7.03. The minimum atomic E-state index is -0.636. The first-order chi connectivity index (χ1) is 11.9. The molecule has 0 spiro atoms. The van der Waals surface area contributed by atoms with Crippen LogP contribution in [0, 0.1) is 5.92 Å². The summed E-state index contributed by atoms with van der Waals surface area (Å²) >= 11 is 0. The molecule has 1 atom stereocenters. The van der Waals surface area contributed by atoms with Crippen LogP contribution in [0.4, 0.5) is 0 Å². The third-order valence-corrected chi connectivity index (χ3v) is 4.30. The van der Waals surface area contributed by atoms with Crippen molar-refractivity contribution in [2.45, 2.75) is 52.1 Å². The summed E-state index contributed by atoms with van der Waals surface area (Å²) in [6.07, 6.45) is 4.78. The van der Waals surface area contributed by atoms with Crippen molar-refractivity contribution in [3.63, 3.8) is 0 Å². The van der Waals surface area contributed by atoms with Gasteiger partial charge in [0.05, 0.1) is 11.8 Å². The van der Waals surface area contributed by atoms with E-state index < -0.39 is 6.04 Å². The summed E-state index contributed by atoms with van der Waals surface area (Å²) < 4.78 is 4.86. The predicted octanol–water partition coefficient (Wildman–Crippen LogP) is 1.55. The van der Waals surface area contributed by atoms with Gasteiger partial charge in [0.15, 0.2) is 0 Å². The Bertz CT molecular complexity index is 589. The lowest BCUT2D eigenvalue weighted by Gasteiger charge is -2.33. The Balaban J connectivity index is 1.74. The van der Waals surface area contributed by atoms with E-state index in [4.69, 9.17) is 4.42 Å². The SMILES string of the molecule is CC(C)CC(=O)N1CCC(NC(=O)[C@H](C)NC(=O)c2ccoc2)CC1. The van der Waals surface area contributed by atoms with E-state index >= 15 is 0 Å². The Morgan fingerprint density at radius 1 is 1.24 bits per heavy atom. The highest BCUT2D eigenvalue weighted by Gasteiger charge is 2.26. The lowest BCUT2D eigenvalue weighted by molar-refractivity contribution is -0.133. The van der Waals surface area contributed by atoms with E-state index in [1.807, 2.05) is 18.7 Å². The Morgan fingerprint density at radius 3 is 2.48 bits per heavy atom. The standard InChI is InChI=1S/C18H27N3O4/c1-12(2)10-16(22)21-7-4-15(5-8-21)20-17(23)13(3)19-18(24)14-6-9-25-11-14/h6,9,11-13,15H,4-5,7-8,10H2,1-3H3,(H,19,24)(H,20,23)/t13-/m0/s1. The second kappa shape index (κ2) is 8.69. The van der Waals surface area contributed by atoms with Crippen molar-refractivity contribution in [2.75, 3.05) is 13.1 Å². The number of carbonyl (C=O) groups is 3. The number of hydrogen-bond donors (Lipinski definition) is 2. The van der Waals surface area contributed by atoms with Gasteiger partial charge in [0.25, 0.3) is 5.91 Å². The minimum absolute atomic E-state index is 0.0314. The molecule has 1 aliphatic heterocycles. The lowest BCUT2D eigenvalue weighted by atomic mass is 10.0. The predicted molar refractivity (Wildman–Crippen MR) is 92.8 cm³/mol. The van der Waals surface area contributed by atoms with Crippen LogP contribution in [0.1, 0.15) is 50.4 Å². The smallest absolute Gasteiger partial charge is 0.255 e. The summed E-state index contributed by atoms with van der Waals surface area (Å²) in [5.74, 6) is -0.0283. The number of nitrogens with zero attached hydrogens (tertiary/aromatic N) is 1. The topological polar surface area (TPSA) is 91.7 Å². The average Bonchev–Trinajstić information content (AvgIpc) is 3.09. The van der Waals surface area contributed by atoms with Crippen LogP contribution in [-0.2, 0) is 9.59 Å². The molecule has 1 fully saturated rings. The maximum absolute atomic E-state index is 12.2. The molecule has 2 N–H and O–H groups in total. The van der Waals surface area contributed by atoms with Crippen LogP contribution >= 0.6 is 0 Å². The highest BCUT2D eigenvalue weighted by atomic mass is 16.3. The van der Waals surface area contributed by atoms with Gasteiger partial charge in [0, 0.05) is 25.6 Å². The molecule has 138 valence electrons. The lowest BCUT2D eigenvalue weighted by Crippen LogP contribution is -2.51. The van der Waals surface area contributed by atoms with Crippen molar-refractivity contribution >= 4 is 17.7 Å². The first kappa shape index (κ1) is 19.0. The van der Waals surface area contributed by atoms with E-state index in [9.17, 15) is 14.4 Å². The van der Waals surface area contributed by atoms with Gasteiger partial charge in [0.2, 0.25) is 11.8 Å². The van der Waals surface area contributed by atoms with Crippen molar-refractivity contribution in [2.24, 2.45) is 5.92 Å². The van der Waals surface area contributed by atoms with Gasteiger partial charge in [-0.05, 0) is 31.7 Å². The minimum Gasteiger partial charge on any atom is -0.472 e. The number of likely N-dealkylation sites (tertiary alicyclic amines) is 1. The molecule has 0 saturated carbocycles. The Hall–Kier alpha value is -2.31. The van der Waals surface area contributed by atoms with Gasteiger partial charge in [-0.3, -0.25) is 14.4 Å². The molecule has 7 nitrogen and oxygen atoms in total. The molecule has 1 aliphatic rings. The molecule has 0 bridgehead atoms. The fourth-order valence-corrected chi connectivity index (χ4v) is 2.82. The zero-order chi connectivity index (χ0) is 18.4. The summed E-state index contributed by atoms with van der Waals surface area (Å²) in [5.41, 5.74) is 0.386. The monoisotopic (exact) mass is 349 g/mol. The number of amides is 3. The molecule has 1 aromatic rings. The van der Waals surface area contributed by atoms with Crippen LogP contribution in [0.15, 0.2) is 23.0 Å². The number of piperidine rings is 1. The molecule has 0 aromatic carbocycles. The molecule has 25 heavy (non-hydrogen) atoms. The average molecular weight is 349 g/mol. The third kappa shape index (κ3) is 5.62. The first-order valence-corrected chi connectivity index (χ1v) is 8.78. The van der Waals surface area contributed by atoms with E-state index in [0.29, 0.717) is 31.0 Å². The molecular formula is C18H27N3O4. The molecule has 2 heterocycles. The number of rotatable bonds is 6. The van der Waals surface area contributed by atoms with Crippen LogP contribution in [-0.4, -0.2) is 47.8 Å². The van der Waals surface area contributed by atoms with E-state index in [-0.39, 0.29) is 23.8 Å². The zero-order valence-electron chi connectivity index (χ0n) is 15.1. The molecule has 0 aliphatic carbocycles. The summed E-state index contributed by atoms with van der Waals surface area (Å²) in [4.78, 5) is 38.1. The summed E-state index contributed by atoms with van der Waals surface area (Å²) in [7, 11) is 0. The van der Waals surface area contributed by atoms with Crippen molar-refractivity contribution in [1.82, 2.24) is 15.5 Å². The van der Waals surface area contributed by atoms with Gasteiger partial charge in [-0.2, -0.15) is 0 Å². The van der Waals surface area contributed by atoms with Gasteiger partial charge >= 0.3 is 0 Å². The fourth-order valence-electron chi connectivity index (χ4n) is 2.82. The third-order valence-electron chi connectivity index (χ3n) is 4.30. The van der Waals surface area contributed by atoms with E-state index in [2.05, 4.69) is 10.6 Å². The van der Waals surface area contributed by atoms with Gasteiger partial charge in [0.1, 0.15) is 12.3 Å². The van der Waals surface area contributed by atoms with Gasteiger partial charge < -0.3 is 20.0 Å². The van der Waals surface area contributed by atoms with Crippen LogP contribution in [0.2, 0.25) is 0 Å². The largest absolute Gasteiger partial charge is 0.472 e. The van der Waals surface area contributed by atoms with Crippen LogP contribution < -0.4 is 10.6 Å². The Morgan fingerprint density at radius 2 is 1.92 bits per heavy atom. The van der Waals surface area contributed by atoms with Crippen molar-refractivity contribution in [3.8, 4) is 0 Å². The quantitative estimate of drug-likeness (QED) is 0.815. The number of hydrogen-bond acceptors (Lipinski definition) is 4. The zero-order valence-corrected chi connectivity index (χ0v) is 15.1. The van der Waals surface area contributed by atoms with Gasteiger partial charge in [-0.1, -0.05) is 13.8 Å². The fraction of sp³-hybridized carbons (Fsp3) is 0.611. The summed E-state index contributed by atoms with van der Waals surface area (Å²) in [6, 6.07) is 0.941. The van der Waals surface area contributed by atoms with E-state index in [1.165, 1.54) is 12.5 Å². The van der Waals surface area contributed by atoms with Crippen molar-refractivity contribution in [1.29, 1.82) is 0 Å². The molecule has 0 unspecified atom stereocenters. The Labute approximate surface area is 148 Å². The first-order valence-electron chi connectivity index (χ1n) is 8.78. The van der Waals surface area contributed by atoms with Gasteiger partial charge in [-0.15, -0.1) is 0 Å². The summed E-state index contributed by atoms with van der Waals surface area (Å²) in [5, 5.41) is 5.60. The maximum atomic E-state index is 12.2. The molecule has 7 heteroatoms. The maximum Gasteiger partial charge on any atom is 0.255 e. The van der Waals surface area contributed by atoms with E-state index in [0.717, 1.165) is 12.8 Å². The van der Waals surface area contributed by atoms with Gasteiger partial charge in [-0.25, -0.2) is 0 Å². The second-order valence-electron chi connectivity index (χ2n) is 6.97.